The van der Waals surface area contributed by atoms with Crippen LogP contribution in [0.25, 0.3) is 22.2 Å². The molecule has 2 aromatic carbocycles. The summed E-state index contributed by atoms with van der Waals surface area (Å²) in [6, 6.07) is 16.6. The van der Waals surface area contributed by atoms with E-state index in [0.717, 1.165) is 5.69 Å². The van der Waals surface area contributed by atoms with Gasteiger partial charge in [-0.15, -0.1) is 5.10 Å². The standard InChI is InChI=1S/C21H18N4O2.C7H7N5O/c1-2-19-24-17-10-6-7-14(11-18(26)15-12-22-23-13-15)20(17)21(27)25(19)16-8-4-3-5-9-16;8-5-4(6(9)13)7-10-2-1-3-12(7)11-5/h3-10,12-13H,2,11H2,1H3,(H,22,23);1-3H,(H2,8,11)(H2,9,13). The van der Waals surface area contributed by atoms with Crippen LogP contribution in [0.1, 0.15) is 39.0 Å². The molecule has 4 heterocycles. The fourth-order valence-corrected chi connectivity index (χ4v) is 4.39. The Hall–Kier alpha value is -5.65. The summed E-state index contributed by atoms with van der Waals surface area (Å²) in [6.45, 7) is 1.97. The Morgan fingerprint density at radius 1 is 1.05 bits per heavy atom. The van der Waals surface area contributed by atoms with Gasteiger partial charge >= 0.3 is 0 Å². The van der Waals surface area contributed by atoms with Crippen LogP contribution in [0.3, 0.4) is 0 Å². The molecular formula is C28H25N9O3. The summed E-state index contributed by atoms with van der Waals surface area (Å²) in [4.78, 5) is 45.5. The van der Waals surface area contributed by atoms with Crippen LogP contribution in [0.5, 0.6) is 0 Å². The highest BCUT2D eigenvalue weighted by Gasteiger charge is 2.17. The Bertz CT molecular complexity index is 1890. The summed E-state index contributed by atoms with van der Waals surface area (Å²) < 4.78 is 3.05. The molecule has 12 heteroatoms. The molecule has 5 N–H and O–H groups in total. The zero-order valence-corrected chi connectivity index (χ0v) is 21.5. The molecule has 0 saturated heterocycles. The number of nitrogen functional groups attached to an aromatic ring is 1. The number of aromatic amines is 1. The molecule has 12 nitrogen and oxygen atoms in total. The van der Waals surface area contributed by atoms with Crippen LogP contribution in [0, 0.1) is 0 Å². The van der Waals surface area contributed by atoms with Crippen molar-refractivity contribution in [3.05, 3.63) is 112 Å². The molecule has 6 rings (SSSR count). The number of Topliss-reactive ketones (excluding diaryl/α,β-unsaturated/α-hetero) is 1. The maximum Gasteiger partial charge on any atom is 0.266 e. The highest BCUT2D eigenvalue weighted by atomic mass is 16.1. The number of carbonyl (C=O) groups is 2. The van der Waals surface area contributed by atoms with Crippen LogP contribution in [0.2, 0.25) is 0 Å². The van der Waals surface area contributed by atoms with Crippen molar-refractivity contribution >= 4 is 34.1 Å². The zero-order valence-electron chi connectivity index (χ0n) is 21.5. The van der Waals surface area contributed by atoms with Gasteiger partial charge in [-0.25, -0.2) is 14.5 Å². The molecule has 0 radical (unpaired) electrons. The van der Waals surface area contributed by atoms with Crippen molar-refractivity contribution in [2.45, 2.75) is 19.8 Å². The average Bonchev–Trinajstić information content (AvgIpc) is 3.61. The van der Waals surface area contributed by atoms with E-state index in [9.17, 15) is 14.4 Å². The Morgan fingerprint density at radius 3 is 2.55 bits per heavy atom. The van der Waals surface area contributed by atoms with Crippen LogP contribution in [0.15, 0.2) is 84.2 Å². The normalized spacial score (nSPS) is 10.8. The van der Waals surface area contributed by atoms with Crippen LogP contribution >= 0.6 is 0 Å². The number of aromatic nitrogens is 7. The minimum atomic E-state index is -0.619. The highest BCUT2D eigenvalue weighted by molar-refractivity contribution is 6.03. The molecular weight excluding hydrogens is 510 g/mol. The number of primary amides is 1. The molecule has 0 bridgehead atoms. The van der Waals surface area contributed by atoms with Gasteiger partial charge < -0.3 is 11.5 Å². The van der Waals surface area contributed by atoms with E-state index in [0.29, 0.717) is 39.9 Å². The number of hydrogen-bond acceptors (Lipinski definition) is 8. The predicted molar refractivity (Wildman–Crippen MR) is 149 cm³/mol. The number of anilines is 1. The van der Waals surface area contributed by atoms with E-state index in [4.69, 9.17) is 16.5 Å². The van der Waals surface area contributed by atoms with Gasteiger partial charge in [0, 0.05) is 31.4 Å². The van der Waals surface area contributed by atoms with E-state index in [1.165, 1.54) is 10.7 Å². The zero-order chi connectivity index (χ0) is 28.2. The average molecular weight is 536 g/mol. The number of nitrogens with zero attached hydrogens (tertiary/aromatic N) is 6. The number of nitrogens with one attached hydrogen (secondary N) is 1. The van der Waals surface area contributed by atoms with Crippen molar-refractivity contribution in [2.75, 3.05) is 5.73 Å². The molecule has 0 aliphatic heterocycles. The number of nitrogens with two attached hydrogens (primary N) is 2. The van der Waals surface area contributed by atoms with E-state index in [-0.39, 0.29) is 29.1 Å². The number of H-pyrrole nitrogens is 1. The summed E-state index contributed by atoms with van der Waals surface area (Å²) in [6.07, 6.45) is 6.98. The summed E-state index contributed by atoms with van der Waals surface area (Å²) >= 11 is 0. The number of fused-ring (bicyclic) bond motifs is 2. The van der Waals surface area contributed by atoms with Crippen LogP contribution < -0.4 is 17.0 Å². The van der Waals surface area contributed by atoms with Crippen LogP contribution in [0.4, 0.5) is 5.82 Å². The third kappa shape index (κ3) is 4.92. The molecule has 0 atom stereocenters. The van der Waals surface area contributed by atoms with E-state index < -0.39 is 5.91 Å². The molecule has 0 spiro atoms. The molecule has 1 amide bonds. The van der Waals surface area contributed by atoms with Gasteiger partial charge in [0.05, 0.1) is 28.4 Å². The third-order valence-corrected chi connectivity index (χ3v) is 6.22. The topological polar surface area (TPSA) is 180 Å². The molecule has 0 aliphatic carbocycles. The molecule has 200 valence electrons. The number of para-hydroxylation sites is 1. The van der Waals surface area contributed by atoms with Crippen molar-refractivity contribution < 1.29 is 9.59 Å². The number of aryl methyl sites for hydroxylation is 1. The lowest BCUT2D eigenvalue weighted by Gasteiger charge is -2.14. The number of hydrogen-bond donors (Lipinski definition) is 3. The molecule has 0 aliphatic rings. The largest absolute Gasteiger partial charge is 0.381 e. The van der Waals surface area contributed by atoms with Gasteiger partial charge in [-0.05, 0) is 29.8 Å². The second-order valence-electron chi connectivity index (χ2n) is 8.77. The first-order chi connectivity index (χ1) is 19.4. The number of amides is 1. The second-order valence-corrected chi connectivity index (χ2v) is 8.77. The molecule has 0 fully saturated rings. The van der Waals surface area contributed by atoms with Gasteiger partial charge in [0.2, 0.25) is 0 Å². The predicted octanol–water partition coefficient (Wildman–Crippen LogP) is 2.51. The lowest BCUT2D eigenvalue weighted by molar-refractivity contribution is 0.0988. The Kier molecular flexibility index (Phi) is 7.14. The van der Waals surface area contributed by atoms with Gasteiger partial charge in [0.1, 0.15) is 11.4 Å². The summed E-state index contributed by atoms with van der Waals surface area (Å²) in [5.41, 5.74) is 13.5. The number of carbonyl (C=O) groups excluding carboxylic acids is 2. The molecule has 40 heavy (non-hydrogen) atoms. The van der Waals surface area contributed by atoms with E-state index >= 15 is 0 Å². The highest BCUT2D eigenvalue weighted by Crippen LogP contribution is 2.19. The van der Waals surface area contributed by atoms with Gasteiger partial charge in [0.25, 0.3) is 11.5 Å². The number of benzene rings is 2. The van der Waals surface area contributed by atoms with Gasteiger partial charge in [-0.2, -0.15) is 5.10 Å². The summed E-state index contributed by atoms with van der Waals surface area (Å²) in [5.74, 6) is 0.0795. The fourth-order valence-electron chi connectivity index (χ4n) is 4.39. The van der Waals surface area contributed by atoms with E-state index in [1.807, 2.05) is 55.5 Å². The molecule has 0 unspecified atom stereocenters. The second kappa shape index (κ2) is 11.0. The van der Waals surface area contributed by atoms with Crippen molar-refractivity contribution in [3.63, 3.8) is 0 Å². The molecule has 4 aromatic heterocycles. The Labute approximate surface area is 227 Å². The van der Waals surface area contributed by atoms with Crippen molar-refractivity contribution in [2.24, 2.45) is 5.73 Å². The van der Waals surface area contributed by atoms with Gasteiger partial charge in [-0.3, -0.25) is 24.0 Å². The van der Waals surface area contributed by atoms with Crippen molar-refractivity contribution in [3.8, 4) is 5.69 Å². The van der Waals surface area contributed by atoms with Crippen molar-refractivity contribution in [1.29, 1.82) is 0 Å². The number of ketones is 1. The van der Waals surface area contributed by atoms with Crippen LogP contribution in [-0.4, -0.2) is 46.0 Å². The third-order valence-electron chi connectivity index (χ3n) is 6.22. The van der Waals surface area contributed by atoms with Gasteiger partial charge in [0.15, 0.2) is 17.2 Å². The van der Waals surface area contributed by atoms with Gasteiger partial charge in [-0.1, -0.05) is 37.3 Å². The first-order valence-electron chi connectivity index (χ1n) is 12.4. The monoisotopic (exact) mass is 535 g/mol. The Balaban J connectivity index is 0.000000207. The maximum atomic E-state index is 13.4. The van der Waals surface area contributed by atoms with Crippen LogP contribution in [-0.2, 0) is 12.8 Å². The quantitative estimate of drug-likeness (QED) is 0.272. The minimum Gasteiger partial charge on any atom is -0.381 e. The maximum absolute atomic E-state index is 13.4. The lowest BCUT2D eigenvalue weighted by atomic mass is 10.0. The molecule has 0 saturated carbocycles. The number of rotatable bonds is 6. The smallest absolute Gasteiger partial charge is 0.266 e. The summed E-state index contributed by atoms with van der Waals surface area (Å²) in [7, 11) is 0. The van der Waals surface area contributed by atoms with E-state index in [2.05, 4.69) is 20.3 Å². The van der Waals surface area contributed by atoms with Crippen molar-refractivity contribution in [1.82, 2.24) is 34.3 Å². The van der Waals surface area contributed by atoms with E-state index in [1.54, 1.807) is 29.2 Å². The minimum absolute atomic E-state index is 0.0959. The SMILES string of the molecule is CCc1nc2cccc(CC(=O)c3cn[nH]c3)c2c(=O)n1-c1ccccc1.NC(=O)c1c(N)nn2cccnc12. The first-order valence-corrected chi connectivity index (χ1v) is 12.4. The fraction of sp³-hybridized carbons (Fsp3) is 0.107. The first kappa shape index (κ1) is 26.0. The Morgan fingerprint density at radius 2 is 1.85 bits per heavy atom. The molecule has 6 aromatic rings. The summed E-state index contributed by atoms with van der Waals surface area (Å²) in [5, 5.41) is 10.8. The lowest BCUT2D eigenvalue weighted by Crippen LogP contribution is -2.25.